The second kappa shape index (κ2) is 7.71. The first-order chi connectivity index (χ1) is 11.0. The van der Waals surface area contributed by atoms with E-state index < -0.39 is 5.82 Å². The molecule has 0 aliphatic carbocycles. The normalized spacial score (nSPS) is 12.0. The summed E-state index contributed by atoms with van der Waals surface area (Å²) in [4.78, 5) is 16.0. The van der Waals surface area contributed by atoms with Crippen LogP contribution in [0, 0.1) is 12.7 Å². The average molecular weight is 321 g/mol. The number of hydrogen-bond donors (Lipinski definition) is 1. The van der Waals surface area contributed by atoms with Crippen molar-refractivity contribution in [3.63, 3.8) is 0 Å². The fraction of sp³-hybridized carbons (Fsp3) is 0.438. The molecule has 1 atom stereocenters. The molecule has 0 saturated carbocycles. The zero-order valence-electron chi connectivity index (χ0n) is 13.4. The van der Waals surface area contributed by atoms with E-state index in [1.807, 2.05) is 0 Å². The van der Waals surface area contributed by atoms with E-state index in [4.69, 9.17) is 9.26 Å². The Hall–Kier alpha value is -2.44. The maximum Gasteiger partial charge on any atom is 0.226 e. The lowest BCUT2D eigenvalue weighted by molar-refractivity contribution is -0.121. The van der Waals surface area contributed by atoms with Gasteiger partial charge in [0.25, 0.3) is 0 Å². The van der Waals surface area contributed by atoms with Gasteiger partial charge < -0.3 is 14.6 Å². The van der Waals surface area contributed by atoms with Crippen LogP contribution in [0.1, 0.15) is 43.1 Å². The van der Waals surface area contributed by atoms with E-state index in [0.717, 1.165) is 0 Å². The number of amides is 1. The Bertz CT molecular complexity index is 672. The summed E-state index contributed by atoms with van der Waals surface area (Å²) in [6, 6.07) is 4.36. The quantitative estimate of drug-likeness (QED) is 0.848. The molecule has 0 saturated heterocycles. The van der Waals surface area contributed by atoms with Crippen LogP contribution in [0.15, 0.2) is 22.7 Å². The lowest BCUT2D eigenvalue weighted by Crippen LogP contribution is -2.26. The van der Waals surface area contributed by atoms with Gasteiger partial charge in [0.2, 0.25) is 11.8 Å². The van der Waals surface area contributed by atoms with Gasteiger partial charge in [0.05, 0.1) is 13.2 Å². The number of aryl methyl sites for hydroxylation is 2. The number of nitrogens with zero attached hydrogens (tertiary/aromatic N) is 2. The summed E-state index contributed by atoms with van der Waals surface area (Å²) >= 11 is 0. The maximum atomic E-state index is 13.7. The zero-order valence-corrected chi connectivity index (χ0v) is 13.4. The van der Waals surface area contributed by atoms with Crippen molar-refractivity contribution in [2.75, 3.05) is 7.11 Å². The third kappa shape index (κ3) is 4.77. The SMILES string of the molecule is COc1ccc([C@@H](C)NC(=O)CCCc2nc(C)no2)cc1F. The van der Waals surface area contributed by atoms with Gasteiger partial charge in [0, 0.05) is 12.8 Å². The molecule has 1 N–H and O–H groups in total. The number of rotatable bonds is 7. The van der Waals surface area contributed by atoms with E-state index in [0.29, 0.717) is 36.5 Å². The van der Waals surface area contributed by atoms with Gasteiger partial charge >= 0.3 is 0 Å². The van der Waals surface area contributed by atoms with Crippen molar-refractivity contribution in [3.8, 4) is 5.75 Å². The van der Waals surface area contributed by atoms with Crippen molar-refractivity contribution >= 4 is 5.91 Å². The first-order valence-electron chi connectivity index (χ1n) is 7.41. The largest absolute Gasteiger partial charge is 0.494 e. The number of nitrogens with one attached hydrogen (secondary N) is 1. The Kier molecular flexibility index (Phi) is 5.67. The van der Waals surface area contributed by atoms with Gasteiger partial charge in [-0.05, 0) is 38.0 Å². The molecule has 1 aromatic heterocycles. The van der Waals surface area contributed by atoms with Crippen LogP contribution in [0.25, 0.3) is 0 Å². The van der Waals surface area contributed by atoms with Crippen LogP contribution in [0.3, 0.4) is 0 Å². The minimum atomic E-state index is -0.446. The van der Waals surface area contributed by atoms with Crippen LogP contribution in [0.5, 0.6) is 5.75 Å². The second-order valence-electron chi connectivity index (χ2n) is 5.27. The molecule has 2 aromatic rings. The molecule has 124 valence electrons. The molecule has 0 bridgehead atoms. The van der Waals surface area contributed by atoms with Crippen molar-refractivity contribution in [2.45, 2.75) is 39.2 Å². The molecule has 0 unspecified atom stereocenters. The summed E-state index contributed by atoms with van der Waals surface area (Å²) in [5.74, 6) is 0.741. The number of ether oxygens (including phenoxy) is 1. The fourth-order valence-corrected chi connectivity index (χ4v) is 2.19. The summed E-state index contributed by atoms with van der Waals surface area (Å²) in [5.41, 5.74) is 0.684. The Labute approximate surface area is 134 Å². The monoisotopic (exact) mass is 321 g/mol. The highest BCUT2D eigenvalue weighted by atomic mass is 19.1. The first-order valence-corrected chi connectivity index (χ1v) is 7.41. The average Bonchev–Trinajstić information content (AvgIpc) is 2.92. The highest BCUT2D eigenvalue weighted by Gasteiger charge is 2.13. The van der Waals surface area contributed by atoms with E-state index in [1.54, 1.807) is 26.0 Å². The number of halogens is 1. The fourth-order valence-electron chi connectivity index (χ4n) is 2.19. The van der Waals surface area contributed by atoms with Crippen molar-refractivity contribution in [1.29, 1.82) is 0 Å². The van der Waals surface area contributed by atoms with Crippen molar-refractivity contribution in [1.82, 2.24) is 15.5 Å². The summed E-state index contributed by atoms with van der Waals surface area (Å²) in [7, 11) is 1.41. The third-order valence-electron chi connectivity index (χ3n) is 3.42. The van der Waals surface area contributed by atoms with Crippen LogP contribution < -0.4 is 10.1 Å². The molecule has 6 nitrogen and oxygen atoms in total. The summed E-state index contributed by atoms with van der Waals surface area (Å²) in [6.45, 7) is 3.55. The van der Waals surface area contributed by atoms with Gasteiger partial charge in [-0.1, -0.05) is 11.2 Å². The molecular weight excluding hydrogens is 301 g/mol. The summed E-state index contributed by atoms with van der Waals surface area (Å²) in [6.07, 6.45) is 1.50. The smallest absolute Gasteiger partial charge is 0.226 e. The van der Waals surface area contributed by atoms with Gasteiger partial charge in [-0.25, -0.2) is 4.39 Å². The van der Waals surface area contributed by atoms with Crippen molar-refractivity contribution < 1.29 is 18.4 Å². The molecular formula is C16H20FN3O3. The molecule has 0 radical (unpaired) electrons. The lowest BCUT2D eigenvalue weighted by atomic mass is 10.1. The zero-order chi connectivity index (χ0) is 16.8. The van der Waals surface area contributed by atoms with E-state index in [2.05, 4.69) is 15.5 Å². The molecule has 0 fully saturated rings. The minimum absolute atomic E-state index is 0.107. The van der Waals surface area contributed by atoms with Crippen molar-refractivity contribution in [2.24, 2.45) is 0 Å². The Morgan fingerprint density at radius 3 is 2.87 bits per heavy atom. The van der Waals surface area contributed by atoms with Gasteiger partial charge in [0.15, 0.2) is 17.4 Å². The number of aromatic nitrogens is 2. The van der Waals surface area contributed by atoms with Crippen LogP contribution in [0.4, 0.5) is 4.39 Å². The third-order valence-corrected chi connectivity index (χ3v) is 3.42. The molecule has 1 heterocycles. The number of benzene rings is 1. The Balaban J connectivity index is 1.81. The van der Waals surface area contributed by atoms with E-state index in [1.165, 1.54) is 13.2 Å². The summed E-state index contributed by atoms with van der Waals surface area (Å²) in [5, 5.41) is 6.53. The van der Waals surface area contributed by atoms with Crippen LogP contribution >= 0.6 is 0 Å². The minimum Gasteiger partial charge on any atom is -0.494 e. The van der Waals surface area contributed by atoms with Crippen LogP contribution in [-0.4, -0.2) is 23.2 Å². The van der Waals surface area contributed by atoms with Gasteiger partial charge in [-0.15, -0.1) is 0 Å². The van der Waals surface area contributed by atoms with Gasteiger partial charge in [-0.3, -0.25) is 4.79 Å². The van der Waals surface area contributed by atoms with E-state index in [9.17, 15) is 9.18 Å². The van der Waals surface area contributed by atoms with E-state index >= 15 is 0 Å². The number of carbonyl (C=O) groups excluding carboxylic acids is 1. The topological polar surface area (TPSA) is 77.2 Å². The van der Waals surface area contributed by atoms with Crippen LogP contribution in [-0.2, 0) is 11.2 Å². The molecule has 2 rings (SSSR count). The highest BCUT2D eigenvalue weighted by Crippen LogP contribution is 2.21. The molecule has 1 amide bonds. The molecule has 0 spiro atoms. The molecule has 1 aromatic carbocycles. The second-order valence-corrected chi connectivity index (χ2v) is 5.27. The van der Waals surface area contributed by atoms with E-state index in [-0.39, 0.29) is 17.7 Å². The predicted octanol–water partition coefficient (Wildman–Crippen LogP) is 2.73. The Morgan fingerprint density at radius 2 is 2.26 bits per heavy atom. The lowest BCUT2D eigenvalue weighted by Gasteiger charge is -2.15. The molecule has 23 heavy (non-hydrogen) atoms. The number of carbonyl (C=O) groups is 1. The first kappa shape index (κ1) is 16.9. The highest BCUT2D eigenvalue weighted by molar-refractivity contribution is 5.76. The van der Waals surface area contributed by atoms with Gasteiger partial charge in [-0.2, -0.15) is 4.98 Å². The van der Waals surface area contributed by atoms with Crippen molar-refractivity contribution in [3.05, 3.63) is 41.3 Å². The molecule has 0 aliphatic rings. The number of hydrogen-bond acceptors (Lipinski definition) is 5. The summed E-state index contributed by atoms with van der Waals surface area (Å²) < 4.78 is 23.5. The number of methoxy groups -OCH3 is 1. The molecule has 0 aliphatic heterocycles. The standard InChI is InChI=1S/C16H20FN3O3/c1-10(12-7-8-14(22-3)13(17)9-12)18-15(21)5-4-6-16-19-11(2)20-23-16/h7-10H,4-6H2,1-3H3,(H,18,21)/t10-/m1/s1. The Morgan fingerprint density at radius 1 is 1.48 bits per heavy atom. The predicted molar refractivity (Wildman–Crippen MR) is 81.5 cm³/mol. The van der Waals surface area contributed by atoms with Crippen LogP contribution in [0.2, 0.25) is 0 Å². The molecule has 7 heteroatoms. The maximum absolute atomic E-state index is 13.7. The van der Waals surface area contributed by atoms with Gasteiger partial charge in [0.1, 0.15) is 0 Å².